The van der Waals surface area contributed by atoms with Gasteiger partial charge in [-0.3, -0.25) is 9.59 Å². The maximum absolute atomic E-state index is 12.5. The van der Waals surface area contributed by atoms with Crippen LogP contribution in [0.15, 0.2) is 77.6 Å². The van der Waals surface area contributed by atoms with Crippen molar-refractivity contribution in [3.8, 4) is 11.1 Å². The zero-order valence-corrected chi connectivity index (χ0v) is 16.6. The molecule has 4 aromatic rings. The molecule has 2 N–H and O–H groups in total. The molecule has 0 saturated heterocycles. The van der Waals surface area contributed by atoms with Crippen LogP contribution in [0.5, 0.6) is 0 Å². The maximum Gasteiger partial charge on any atom is 0.251 e. The molecule has 30 heavy (non-hydrogen) atoms. The van der Waals surface area contributed by atoms with Crippen molar-refractivity contribution in [1.29, 1.82) is 0 Å². The SMILES string of the molecule is O=C(Cc1ccc(-c2ccccc2)cc1)Nc1ccc2c3c(c(=O)[nH]c2c1)CCC3. The van der Waals surface area contributed by atoms with Gasteiger partial charge in [-0.15, -0.1) is 0 Å². The zero-order chi connectivity index (χ0) is 20.5. The van der Waals surface area contributed by atoms with Crippen molar-refractivity contribution in [2.45, 2.75) is 25.7 Å². The molecular weight excluding hydrogens is 372 g/mol. The molecule has 0 spiro atoms. The summed E-state index contributed by atoms with van der Waals surface area (Å²) in [6, 6.07) is 24.0. The third kappa shape index (κ3) is 3.52. The minimum Gasteiger partial charge on any atom is -0.326 e. The number of hydrogen-bond acceptors (Lipinski definition) is 2. The van der Waals surface area contributed by atoms with Crippen LogP contribution in [-0.2, 0) is 24.1 Å². The van der Waals surface area contributed by atoms with Gasteiger partial charge in [-0.2, -0.15) is 0 Å². The summed E-state index contributed by atoms with van der Waals surface area (Å²) >= 11 is 0. The van der Waals surface area contributed by atoms with E-state index in [1.807, 2.05) is 60.7 Å². The molecule has 4 heteroatoms. The van der Waals surface area contributed by atoms with Crippen LogP contribution in [0.1, 0.15) is 23.1 Å². The number of amides is 1. The number of nitrogens with one attached hydrogen (secondary N) is 2. The van der Waals surface area contributed by atoms with Crippen LogP contribution < -0.4 is 10.9 Å². The number of pyridine rings is 1. The van der Waals surface area contributed by atoms with E-state index in [9.17, 15) is 9.59 Å². The summed E-state index contributed by atoms with van der Waals surface area (Å²) in [6.45, 7) is 0. The first-order chi connectivity index (χ1) is 14.7. The van der Waals surface area contributed by atoms with Gasteiger partial charge in [-0.1, -0.05) is 60.7 Å². The number of fused-ring (bicyclic) bond motifs is 3. The number of aromatic nitrogens is 1. The first-order valence-electron chi connectivity index (χ1n) is 10.3. The number of rotatable bonds is 4. The monoisotopic (exact) mass is 394 g/mol. The van der Waals surface area contributed by atoms with Gasteiger partial charge in [0, 0.05) is 16.6 Å². The lowest BCUT2D eigenvalue weighted by Crippen LogP contribution is -2.15. The van der Waals surface area contributed by atoms with E-state index in [1.165, 1.54) is 0 Å². The lowest BCUT2D eigenvalue weighted by molar-refractivity contribution is -0.115. The van der Waals surface area contributed by atoms with Crippen molar-refractivity contribution in [3.63, 3.8) is 0 Å². The maximum atomic E-state index is 12.5. The fraction of sp³-hybridized carbons (Fsp3) is 0.154. The summed E-state index contributed by atoms with van der Waals surface area (Å²) < 4.78 is 0. The summed E-state index contributed by atoms with van der Waals surface area (Å²) in [5, 5.41) is 4.04. The van der Waals surface area contributed by atoms with Gasteiger partial charge in [-0.25, -0.2) is 0 Å². The summed E-state index contributed by atoms with van der Waals surface area (Å²) in [4.78, 5) is 27.8. The number of anilines is 1. The average Bonchev–Trinajstić information content (AvgIpc) is 3.26. The van der Waals surface area contributed by atoms with Crippen molar-refractivity contribution >= 4 is 22.5 Å². The van der Waals surface area contributed by atoms with Crippen LogP contribution in [-0.4, -0.2) is 10.9 Å². The number of benzene rings is 3. The van der Waals surface area contributed by atoms with E-state index >= 15 is 0 Å². The Kier molecular flexibility index (Phi) is 4.68. The van der Waals surface area contributed by atoms with Crippen molar-refractivity contribution in [2.75, 3.05) is 5.32 Å². The predicted octanol–water partition coefficient (Wildman–Crippen LogP) is 4.87. The number of carbonyl (C=O) groups excluding carboxylic acids is 1. The van der Waals surface area contributed by atoms with Crippen LogP contribution in [0.3, 0.4) is 0 Å². The van der Waals surface area contributed by atoms with Gasteiger partial charge in [0.15, 0.2) is 0 Å². The van der Waals surface area contributed by atoms with Crippen molar-refractivity contribution in [2.24, 2.45) is 0 Å². The molecule has 0 fully saturated rings. The Balaban J connectivity index is 1.31. The smallest absolute Gasteiger partial charge is 0.251 e. The molecule has 0 saturated carbocycles. The topological polar surface area (TPSA) is 62.0 Å². The molecule has 1 aromatic heterocycles. The Morgan fingerprint density at radius 3 is 2.40 bits per heavy atom. The molecule has 1 amide bonds. The normalized spacial score (nSPS) is 12.7. The Bertz CT molecular complexity index is 1290. The van der Waals surface area contributed by atoms with E-state index in [0.29, 0.717) is 12.1 Å². The van der Waals surface area contributed by atoms with Gasteiger partial charge in [0.1, 0.15) is 0 Å². The first kappa shape index (κ1) is 18.4. The Morgan fingerprint density at radius 2 is 1.60 bits per heavy atom. The second kappa shape index (κ2) is 7.64. The highest BCUT2D eigenvalue weighted by Crippen LogP contribution is 2.28. The molecule has 4 nitrogen and oxygen atoms in total. The van der Waals surface area contributed by atoms with Gasteiger partial charge in [-0.05, 0) is 53.6 Å². The minimum absolute atomic E-state index is 0.00279. The molecule has 1 heterocycles. The van der Waals surface area contributed by atoms with E-state index in [4.69, 9.17) is 0 Å². The Labute approximate surface area is 174 Å². The number of hydrogen-bond donors (Lipinski definition) is 2. The van der Waals surface area contributed by atoms with Gasteiger partial charge >= 0.3 is 0 Å². The Morgan fingerprint density at radius 1 is 0.867 bits per heavy atom. The highest BCUT2D eigenvalue weighted by Gasteiger charge is 2.18. The molecule has 0 radical (unpaired) electrons. The van der Waals surface area contributed by atoms with E-state index < -0.39 is 0 Å². The van der Waals surface area contributed by atoms with Crippen molar-refractivity contribution < 1.29 is 4.79 Å². The minimum atomic E-state index is -0.0784. The van der Waals surface area contributed by atoms with Crippen molar-refractivity contribution in [1.82, 2.24) is 4.98 Å². The van der Waals surface area contributed by atoms with E-state index in [-0.39, 0.29) is 11.5 Å². The molecular formula is C26H22N2O2. The molecule has 0 bridgehead atoms. The second-order valence-corrected chi connectivity index (χ2v) is 7.81. The van der Waals surface area contributed by atoms with Gasteiger partial charge in [0.05, 0.1) is 11.9 Å². The molecule has 0 unspecified atom stereocenters. The second-order valence-electron chi connectivity index (χ2n) is 7.81. The fourth-order valence-electron chi connectivity index (χ4n) is 4.31. The van der Waals surface area contributed by atoms with Crippen molar-refractivity contribution in [3.05, 3.63) is 99.8 Å². The van der Waals surface area contributed by atoms with E-state index in [1.54, 1.807) is 0 Å². The number of aromatic amines is 1. The van der Waals surface area contributed by atoms with Crippen LogP contribution in [0.4, 0.5) is 5.69 Å². The largest absolute Gasteiger partial charge is 0.326 e. The number of H-pyrrole nitrogens is 1. The summed E-state index contributed by atoms with van der Waals surface area (Å²) in [7, 11) is 0. The molecule has 0 aliphatic heterocycles. The number of carbonyl (C=O) groups is 1. The van der Waals surface area contributed by atoms with Gasteiger partial charge < -0.3 is 10.3 Å². The fourth-order valence-corrected chi connectivity index (χ4v) is 4.31. The quantitative estimate of drug-likeness (QED) is 0.519. The molecule has 3 aromatic carbocycles. The van der Waals surface area contributed by atoms with E-state index in [0.717, 1.165) is 58.0 Å². The average molecular weight is 394 g/mol. The lowest BCUT2D eigenvalue weighted by Gasteiger charge is -2.09. The highest BCUT2D eigenvalue weighted by molar-refractivity contribution is 5.95. The molecule has 1 aliphatic rings. The highest BCUT2D eigenvalue weighted by atomic mass is 16.1. The van der Waals surface area contributed by atoms with E-state index in [2.05, 4.69) is 22.4 Å². The summed E-state index contributed by atoms with van der Waals surface area (Å²) in [5.74, 6) is -0.0784. The van der Waals surface area contributed by atoms with Gasteiger partial charge in [0.25, 0.3) is 5.56 Å². The standard InChI is InChI=1S/C26H22N2O2/c29-25(15-17-9-11-19(12-10-17)18-5-2-1-3-6-18)27-20-13-14-22-21-7-4-8-23(21)26(30)28-24(22)16-20/h1-3,5-6,9-14,16H,4,7-8,15H2,(H,27,29)(H,28,30). The van der Waals surface area contributed by atoms with Gasteiger partial charge in [0.2, 0.25) is 5.91 Å². The lowest BCUT2D eigenvalue weighted by atomic mass is 10.0. The third-order valence-corrected chi connectivity index (χ3v) is 5.79. The molecule has 148 valence electrons. The molecule has 1 aliphatic carbocycles. The predicted molar refractivity (Wildman–Crippen MR) is 121 cm³/mol. The molecule has 5 rings (SSSR count). The number of aryl methyl sites for hydroxylation is 1. The van der Waals surface area contributed by atoms with Crippen LogP contribution in [0.25, 0.3) is 22.0 Å². The Hall–Kier alpha value is -3.66. The summed E-state index contributed by atoms with van der Waals surface area (Å²) in [6.07, 6.45) is 3.12. The third-order valence-electron chi connectivity index (χ3n) is 5.79. The first-order valence-corrected chi connectivity index (χ1v) is 10.3. The molecule has 0 atom stereocenters. The van der Waals surface area contributed by atoms with Crippen LogP contribution in [0.2, 0.25) is 0 Å². The summed E-state index contributed by atoms with van der Waals surface area (Å²) in [5.41, 5.74) is 6.79. The van der Waals surface area contributed by atoms with Crippen LogP contribution in [0, 0.1) is 0 Å². The zero-order valence-electron chi connectivity index (χ0n) is 16.6. The van der Waals surface area contributed by atoms with Crippen LogP contribution >= 0.6 is 0 Å².